The number of hydrogen-bond acceptors (Lipinski definition) is 5. The molecule has 2 aromatic heterocycles. The average Bonchev–Trinajstić information content (AvgIpc) is 3.32. The minimum Gasteiger partial charge on any atom is -0.345 e. The van der Waals surface area contributed by atoms with Crippen LogP contribution >= 0.6 is 0 Å². The van der Waals surface area contributed by atoms with Crippen molar-refractivity contribution in [3.63, 3.8) is 0 Å². The number of carbonyl (C=O) groups is 2. The number of nitrogens with one attached hydrogen (secondary N) is 2. The number of rotatable bonds is 4. The highest BCUT2D eigenvalue weighted by Gasteiger charge is 2.27. The second-order valence-corrected chi connectivity index (χ2v) is 9.82. The number of carbonyl (C=O) groups excluding carboxylic acids is 2. The molecule has 0 spiro atoms. The summed E-state index contributed by atoms with van der Waals surface area (Å²) in [5, 5.41) is 6.37. The van der Waals surface area contributed by atoms with Crippen molar-refractivity contribution in [2.45, 2.75) is 19.1 Å². The van der Waals surface area contributed by atoms with Crippen molar-refractivity contribution in [2.24, 2.45) is 0 Å². The number of para-hydroxylation sites is 1. The molecular weight excluding hydrogens is 476 g/mol. The summed E-state index contributed by atoms with van der Waals surface area (Å²) in [6, 6.07) is 22.8. The van der Waals surface area contributed by atoms with Crippen LogP contribution in [-0.4, -0.2) is 52.9 Å². The third-order valence-electron chi connectivity index (χ3n) is 7.41. The molecule has 0 radical (unpaired) electrons. The number of piperazine rings is 1. The molecule has 8 heteroatoms. The van der Waals surface area contributed by atoms with Crippen molar-refractivity contribution < 1.29 is 9.59 Å². The summed E-state index contributed by atoms with van der Waals surface area (Å²) in [7, 11) is 2.05. The molecule has 0 bridgehead atoms. The first-order valence-electron chi connectivity index (χ1n) is 12.9. The third kappa shape index (κ3) is 4.60. The van der Waals surface area contributed by atoms with Gasteiger partial charge in [0.2, 0.25) is 0 Å². The van der Waals surface area contributed by atoms with Crippen LogP contribution in [0.5, 0.6) is 0 Å². The van der Waals surface area contributed by atoms with E-state index in [0.29, 0.717) is 23.4 Å². The number of benzene rings is 2. The Morgan fingerprint density at radius 2 is 1.82 bits per heavy atom. The molecule has 2 amide bonds. The smallest absolute Gasteiger partial charge is 0.258 e. The standard InChI is InChI=1S/C30H30N6O2/c1-34-17-15-31-18-27(34)28-25(8-4-14-32-28)29(37)33-23-12-10-21(11-13-23)30(38)36-20-24-7-5-16-35(24)19-22-6-2-3-9-26(22)36/h2-14,16,27,31H,15,17-20H2,1H3,(H,33,37). The number of anilines is 2. The lowest BCUT2D eigenvalue weighted by molar-refractivity contribution is 0.0983. The number of fused-ring (bicyclic) bond motifs is 2. The van der Waals surface area contributed by atoms with Crippen molar-refractivity contribution in [2.75, 3.05) is 36.9 Å². The predicted octanol–water partition coefficient (Wildman–Crippen LogP) is 3.92. The highest BCUT2D eigenvalue weighted by molar-refractivity contribution is 6.08. The molecule has 0 saturated carbocycles. The monoisotopic (exact) mass is 506 g/mol. The van der Waals surface area contributed by atoms with Crippen LogP contribution in [0.4, 0.5) is 11.4 Å². The second-order valence-electron chi connectivity index (χ2n) is 9.82. The van der Waals surface area contributed by atoms with Gasteiger partial charge in [0.25, 0.3) is 11.8 Å². The molecule has 2 aromatic carbocycles. The van der Waals surface area contributed by atoms with E-state index in [0.717, 1.165) is 48.8 Å². The van der Waals surface area contributed by atoms with E-state index in [2.05, 4.69) is 44.3 Å². The van der Waals surface area contributed by atoms with Gasteiger partial charge in [0, 0.05) is 61.2 Å². The zero-order chi connectivity index (χ0) is 26.1. The largest absolute Gasteiger partial charge is 0.345 e. The van der Waals surface area contributed by atoms with Crippen LogP contribution in [0.3, 0.4) is 0 Å². The molecule has 2 aliphatic rings. The number of hydrogen-bond donors (Lipinski definition) is 2. The van der Waals surface area contributed by atoms with Gasteiger partial charge in [-0.25, -0.2) is 0 Å². The normalized spacial score (nSPS) is 17.3. The summed E-state index contributed by atoms with van der Waals surface area (Å²) in [5.74, 6) is -0.291. The predicted molar refractivity (Wildman–Crippen MR) is 147 cm³/mol. The summed E-state index contributed by atoms with van der Waals surface area (Å²) in [6.07, 6.45) is 3.78. The molecule has 6 rings (SSSR count). The van der Waals surface area contributed by atoms with Crippen LogP contribution in [0.25, 0.3) is 0 Å². The average molecular weight is 507 g/mol. The lowest BCUT2D eigenvalue weighted by atomic mass is 10.0. The quantitative estimate of drug-likeness (QED) is 0.439. The highest BCUT2D eigenvalue weighted by atomic mass is 16.2. The summed E-state index contributed by atoms with van der Waals surface area (Å²) in [4.78, 5) is 35.5. The molecule has 2 N–H and O–H groups in total. The zero-order valence-corrected chi connectivity index (χ0v) is 21.3. The van der Waals surface area contributed by atoms with Crippen molar-refractivity contribution >= 4 is 23.2 Å². The van der Waals surface area contributed by atoms with Crippen LogP contribution in [0.2, 0.25) is 0 Å². The molecule has 1 atom stereocenters. The van der Waals surface area contributed by atoms with E-state index in [9.17, 15) is 9.59 Å². The first kappa shape index (κ1) is 24.1. The maximum Gasteiger partial charge on any atom is 0.258 e. The minimum atomic E-state index is -0.214. The summed E-state index contributed by atoms with van der Waals surface area (Å²) in [6.45, 7) is 3.79. The van der Waals surface area contributed by atoms with Gasteiger partial charge >= 0.3 is 0 Å². The molecule has 1 unspecified atom stereocenters. The zero-order valence-electron chi connectivity index (χ0n) is 21.3. The Kier molecular flexibility index (Phi) is 6.49. The molecule has 4 heterocycles. The number of amides is 2. The fourth-order valence-electron chi connectivity index (χ4n) is 5.30. The first-order valence-corrected chi connectivity index (χ1v) is 12.9. The molecule has 4 aromatic rings. The van der Waals surface area contributed by atoms with Gasteiger partial charge in [0.05, 0.1) is 23.8 Å². The Hall–Kier alpha value is -4.27. The Morgan fingerprint density at radius 1 is 0.974 bits per heavy atom. The van der Waals surface area contributed by atoms with E-state index in [4.69, 9.17) is 0 Å². The van der Waals surface area contributed by atoms with E-state index < -0.39 is 0 Å². The lowest BCUT2D eigenvalue weighted by Crippen LogP contribution is -2.44. The van der Waals surface area contributed by atoms with Gasteiger partial charge in [0.1, 0.15) is 0 Å². The van der Waals surface area contributed by atoms with Gasteiger partial charge in [0.15, 0.2) is 0 Å². The summed E-state index contributed by atoms with van der Waals surface area (Å²) in [5.41, 5.74) is 5.62. The molecule has 0 aliphatic carbocycles. The third-order valence-corrected chi connectivity index (χ3v) is 7.41. The van der Waals surface area contributed by atoms with E-state index in [1.54, 1.807) is 36.5 Å². The van der Waals surface area contributed by atoms with Crippen molar-refractivity contribution in [1.29, 1.82) is 0 Å². The maximum absolute atomic E-state index is 13.7. The molecule has 2 aliphatic heterocycles. The summed E-state index contributed by atoms with van der Waals surface area (Å²) < 4.78 is 2.18. The topological polar surface area (TPSA) is 82.5 Å². The highest BCUT2D eigenvalue weighted by Crippen LogP contribution is 2.29. The molecule has 1 saturated heterocycles. The van der Waals surface area contributed by atoms with Crippen LogP contribution in [0, 0.1) is 0 Å². The van der Waals surface area contributed by atoms with Crippen molar-refractivity contribution in [3.05, 3.63) is 113 Å². The van der Waals surface area contributed by atoms with E-state index in [1.165, 1.54) is 0 Å². The Morgan fingerprint density at radius 3 is 2.66 bits per heavy atom. The maximum atomic E-state index is 13.7. The van der Waals surface area contributed by atoms with Gasteiger partial charge in [-0.05, 0) is 67.2 Å². The van der Waals surface area contributed by atoms with Crippen LogP contribution in [0.15, 0.2) is 85.2 Å². The van der Waals surface area contributed by atoms with E-state index >= 15 is 0 Å². The Labute approximate surface area is 221 Å². The first-order chi connectivity index (χ1) is 18.6. The van der Waals surface area contributed by atoms with E-state index in [-0.39, 0.29) is 17.9 Å². The van der Waals surface area contributed by atoms with Gasteiger partial charge in [-0.15, -0.1) is 0 Å². The number of pyridine rings is 1. The van der Waals surface area contributed by atoms with E-state index in [1.807, 2.05) is 41.4 Å². The molecular formula is C30H30N6O2. The minimum absolute atomic E-state index is 0.0308. The van der Waals surface area contributed by atoms with Crippen LogP contribution in [0.1, 0.15) is 43.7 Å². The van der Waals surface area contributed by atoms with Gasteiger partial charge in [-0.1, -0.05) is 18.2 Å². The van der Waals surface area contributed by atoms with Crippen molar-refractivity contribution in [3.8, 4) is 0 Å². The van der Waals surface area contributed by atoms with Crippen molar-refractivity contribution in [1.82, 2.24) is 19.8 Å². The second kappa shape index (κ2) is 10.2. The fraction of sp³-hybridized carbons (Fsp3) is 0.233. The Bertz CT molecular complexity index is 1480. The Balaban J connectivity index is 1.21. The molecule has 8 nitrogen and oxygen atoms in total. The molecule has 38 heavy (non-hydrogen) atoms. The van der Waals surface area contributed by atoms with Crippen LogP contribution in [-0.2, 0) is 13.1 Å². The van der Waals surface area contributed by atoms with Gasteiger partial charge < -0.3 is 20.1 Å². The molecule has 192 valence electrons. The fourth-order valence-corrected chi connectivity index (χ4v) is 5.30. The van der Waals surface area contributed by atoms with Gasteiger partial charge in [-0.3, -0.25) is 19.5 Å². The van der Waals surface area contributed by atoms with Gasteiger partial charge in [-0.2, -0.15) is 0 Å². The van der Waals surface area contributed by atoms with Crippen LogP contribution < -0.4 is 15.5 Å². The molecule has 1 fully saturated rings. The SMILES string of the molecule is CN1CCNCC1c1ncccc1C(=O)Nc1ccc(C(=O)N2Cc3cccn3Cc3ccccc32)cc1. The number of aromatic nitrogens is 2. The number of nitrogens with zero attached hydrogens (tertiary/aromatic N) is 4. The lowest BCUT2D eigenvalue weighted by Gasteiger charge is -2.33. The summed E-state index contributed by atoms with van der Waals surface area (Å²) >= 11 is 0. The number of likely N-dealkylation sites (N-methyl/N-ethyl adjacent to an activating group) is 1.